The molecule has 0 aliphatic heterocycles. The minimum absolute atomic E-state index is 0.0530. The van der Waals surface area contributed by atoms with E-state index in [1.54, 1.807) is 11.3 Å². The van der Waals surface area contributed by atoms with E-state index in [-0.39, 0.29) is 5.54 Å². The summed E-state index contributed by atoms with van der Waals surface area (Å²) in [7, 11) is 0. The molecule has 0 radical (unpaired) electrons. The maximum absolute atomic E-state index is 6.23. The van der Waals surface area contributed by atoms with E-state index in [0.717, 1.165) is 25.9 Å². The van der Waals surface area contributed by atoms with Gasteiger partial charge < -0.3 is 11.1 Å². The van der Waals surface area contributed by atoms with E-state index in [2.05, 4.69) is 31.1 Å². The van der Waals surface area contributed by atoms with Crippen LogP contribution in [-0.2, 0) is 0 Å². The summed E-state index contributed by atoms with van der Waals surface area (Å²) >= 11 is 1.72. The Kier molecular flexibility index (Phi) is 5.38. The van der Waals surface area contributed by atoms with Gasteiger partial charge in [0.1, 0.15) is 0 Å². The molecule has 0 bridgehead atoms. The number of thiazole rings is 1. The smallest absolute Gasteiger partial charge is 0.0965 e. The van der Waals surface area contributed by atoms with Gasteiger partial charge in [-0.05, 0) is 12.8 Å². The van der Waals surface area contributed by atoms with Gasteiger partial charge in [-0.1, -0.05) is 20.8 Å². The second kappa shape index (κ2) is 6.33. The van der Waals surface area contributed by atoms with Crippen molar-refractivity contribution in [1.29, 1.82) is 0 Å². The molecule has 92 valence electrons. The van der Waals surface area contributed by atoms with Crippen molar-refractivity contribution in [2.45, 2.75) is 45.1 Å². The van der Waals surface area contributed by atoms with Crippen LogP contribution in [0.2, 0.25) is 0 Å². The number of aromatic nitrogens is 1. The third kappa shape index (κ3) is 3.85. The van der Waals surface area contributed by atoms with Crippen molar-refractivity contribution in [2.75, 3.05) is 13.1 Å². The number of rotatable bonds is 7. The Morgan fingerprint density at radius 3 is 2.69 bits per heavy atom. The summed E-state index contributed by atoms with van der Waals surface area (Å²) in [6.07, 6.45) is 3.89. The number of nitrogens with two attached hydrogens (primary N) is 1. The van der Waals surface area contributed by atoms with Gasteiger partial charge in [0.05, 0.1) is 5.01 Å². The lowest BCUT2D eigenvalue weighted by molar-refractivity contribution is 0.366. The first-order chi connectivity index (χ1) is 7.61. The van der Waals surface area contributed by atoms with Gasteiger partial charge >= 0.3 is 0 Å². The zero-order chi connectivity index (χ0) is 12.0. The van der Waals surface area contributed by atoms with Crippen molar-refractivity contribution in [3.63, 3.8) is 0 Å². The molecule has 3 N–H and O–H groups in total. The SMILES string of the molecule is CCC(N)(CC)CNCC(C)c1nccs1. The van der Waals surface area contributed by atoms with E-state index < -0.39 is 0 Å². The molecule has 0 spiro atoms. The molecule has 0 amide bonds. The third-order valence-electron chi connectivity index (χ3n) is 3.21. The molecule has 0 aliphatic rings. The third-order valence-corrected chi connectivity index (χ3v) is 4.22. The number of hydrogen-bond acceptors (Lipinski definition) is 4. The number of nitrogens with zero attached hydrogens (tertiary/aromatic N) is 1. The van der Waals surface area contributed by atoms with Gasteiger partial charge in [-0.25, -0.2) is 4.98 Å². The summed E-state index contributed by atoms with van der Waals surface area (Å²) in [6.45, 7) is 8.33. The van der Waals surface area contributed by atoms with Crippen molar-refractivity contribution in [2.24, 2.45) is 5.73 Å². The van der Waals surface area contributed by atoms with E-state index in [4.69, 9.17) is 5.73 Å². The first-order valence-electron chi connectivity index (χ1n) is 6.00. The molecule has 0 aliphatic carbocycles. The summed E-state index contributed by atoms with van der Waals surface area (Å²) in [5.74, 6) is 0.470. The van der Waals surface area contributed by atoms with Crippen LogP contribution >= 0.6 is 11.3 Å². The van der Waals surface area contributed by atoms with Crippen LogP contribution in [0.3, 0.4) is 0 Å². The largest absolute Gasteiger partial charge is 0.324 e. The van der Waals surface area contributed by atoms with E-state index in [1.807, 2.05) is 11.6 Å². The summed E-state index contributed by atoms with van der Waals surface area (Å²) in [5.41, 5.74) is 6.17. The molecule has 1 atom stereocenters. The molecular weight excluding hydrogens is 218 g/mol. The molecule has 0 saturated carbocycles. The second-order valence-corrected chi connectivity index (χ2v) is 5.40. The fourth-order valence-electron chi connectivity index (χ4n) is 1.60. The van der Waals surface area contributed by atoms with Crippen LogP contribution in [0.15, 0.2) is 11.6 Å². The van der Waals surface area contributed by atoms with Gasteiger partial charge in [-0.2, -0.15) is 0 Å². The second-order valence-electron chi connectivity index (χ2n) is 4.47. The molecule has 0 saturated heterocycles. The molecule has 16 heavy (non-hydrogen) atoms. The van der Waals surface area contributed by atoms with Gasteiger partial charge in [0.15, 0.2) is 0 Å². The maximum atomic E-state index is 6.23. The van der Waals surface area contributed by atoms with E-state index in [0.29, 0.717) is 5.92 Å². The maximum Gasteiger partial charge on any atom is 0.0965 e. The molecule has 1 unspecified atom stereocenters. The van der Waals surface area contributed by atoms with Crippen molar-refractivity contribution in [3.05, 3.63) is 16.6 Å². The number of nitrogens with one attached hydrogen (secondary N) is 1. The molecule has 1 rings (SSSR count). The number of hydrogen-bond donors (Lipinski definition) is 2. The fraction of sp³-hybridized carbons (Fsp3) is 0.750. The average molecular weight is 241 g/mol. The first kappa shape index (κ1) is 13.6. The van der Waals surface area contributed by atoms with E-state index >= 15 is 0 Å². The van der Waals surface area contributed by atoms with E-state index in [1.165, 1.54) is 5.01 Å². The van der Waals surface area contributed by atoms with Gasteiger partial charge in [0.2, 0.25) is 0 Å². The first-order valence-corrected chi connectivity index (χ1v) is 6.88. The van der Waals surface area contributed by atoms with Crippen LogP contribution < -0.4 is 11.1 Å². The fourth-order valence-corrected chi connectivity index (χ4v) is 2.30. The van der Waals surface area contributed by atoms with Gasteiger partial charge in [-0.3, -0.25) is 0 Å². The summed E-state index contributed by atoms with van der Waals surface area (Å²) in [4.78, 5) is 4.32. The van der Waals surface area contributed by atoms with Crippen molar-refractivity contribution >= 4 is 11.3 Å². The highest BCUT2D eigenvalue weighted by Gasteiger charge is 2.19. The predicted octanol–water partition coefficient (Wildman–Crippen LogP) is 2.35. The highest BCUT2D eigenvalue weighted by Crippen LogP contribution is 2.17. The van der Waals surface area contributed by atoms with Crippen molar-refractivity contribution in [3.8, 4) is 0 Å². The molecule has 1 aromatic heterocycles. The quantitative estimate of drug-likeness (QED) is 0.770. The zero-order valence-corrected chi connectivity index (χ0v) is 11.3. The van der Waals surface area contributed by atoms with Gasteiger partial charge in [0, 0.05) is 36.1 Å². The molecule has 1 heterocycles. The van der Waals surface area contributed by atoms with Crippen molar-refractivity contribution < 1.29 is 0 Å². The average Bonchev–Trinajstić information content (AvgIpc) is 2.82. The lowest BCUT2D eigenvalue weighted by atomic mass is 9.94. The van der Waals surface area contributed by atoms with E-state index in [9.17, 15) is 0 Å². The van der Waals surface area contributed by atoms with Crippen LogP contribution in [0.1, 0.15) is 44.5 Å². The molecule has 0 aromatic carbocycles. The Morgan fingerprint density at radius 2 is 2.19 bits per heavy atom. The van der Waals surface area contributed by atoms with Crippen LogP contribution in [0, 0.1) is 0 Å². The van der Waals surface area contributed by atoms with Crippen LogP contribution in [0.5, 0.6) is 0 Å². The zero-order valence-electron chi connectivity index (χ0n) is 10.5. The lowest BCUT2D eigenvalue weighted by Gasteiger charge is -2.27. The Labute approximate surface area is 102 Å². The summed E-state index contributed by atoms with van der Waals surface area (Å²) < 4.78 is 0. The molecular formula is C12H23N3S. The Hall–Kier alpha value is -0.450. The normalized spacial score (nSPS) is 14.0. The molecule has 0 fully saturated rings. The Balaban J connectivity index is 2.30. The Morgan fingerprint density at radius 1 is 1.50 bits per heavy atom. The Bertz CT molecular complexity index is 280. The van der Waals surface area contributed by atoms with Crippen LogP contribution in [0.4, 0.5) is 0 Å². The highest BCUT2D eigenvalue weighted by atomic mass is 32.1. The monoisotopic (exact) mass is 241 g/mol. The predicted molar refractivity (Wildman–Crippen MR) is 70.9 cm³/mol. The summed E-state index contributed by atoms with van der Waals surface area (Å²) in [5, 5.41) is 6.68. The standard InChI is InChI=1S/C12H23N3S/c1-4-12(13,5-2)9-14-8-10(3)11-15-6-7-16-11/h6-7,10,14H,4-5,8-9,13H2,1-3H3. The van der Waals surface area contributed by atoms with Crippen LogP contribution in [-0.4, -0.2) is 23.6 Å². The topological polar surface area (TPSA) is 50.9 Å². The van der Waals surface area contributed by atoms with Gasteiger partial charge in [-0.15, -0.1) is 11.3 Å². The minimum atomic E-state index is -0.0530. The molecule has 3 nitrogen and oxygen atoms in total. The van der Waals surface area contributed by atoms with Gasteiger partial charge in [0.25, 0.3) is 0 Å². The lowest BCUT2D eigenvalue weighted by Crippen LogP contribution is -2.48. The summed E-state index contributed by atoms with van der Waals surface area (Å²) in [6, 6.07) is 0. The van der Waals surface area contributed by atoms with Crippen molar-refractivity contribution in [1.82, 2.24) is 10.3 Å². The highest BCUT2D eigenvalue weighted by molar-refractivity contribution is 7.09. The molecule has 4 heteroatoms. The molecule has 1 aromatic rings. The van der Waals surface area contributed by atoms with Crippen LogP contribution in [0.25, 0.3) is 0 Å². The minimum Gasteiger partial charge on any atom is -0.324 e.